The van der Waals surface area contributed by atoms with Crippen LogP contribution in [0.25, 0.3) is 0 Å². The second-order valence-electron chi connectivity index (χ2n) is 4.71. The summed E-state index contributed by atoms with van der Waals surface area (Å²) in [6.45, 7) is 5.03. The Balaban J connectivity index is 2.10. The number of ether oxygens (including phenoxy) is 1. The molecule has 1 fully saturated rings. The Kier molecular flexibility index (Phi) is 6.22. The summed E-state index contributed by atoms with van der Waals surface area (Å²) in [6.07, 6.45) is 5.62. The van der Waals surface area contributed by atoms with Crippen LogP contribution in [0.5, 0.6) is 0 Å². The Labute approximate surface area is 94.2 Å². The van der Waals surface area contributed by atoms with Gasteiger partial charge in [0.2, 0.25) is 0 Å². The third-order valence-electron chi connectivity index (χ3n) is 3.04. The molecule has 3 heteroatoms. The Morgan fingerprint density at radius 3 is 2.60 bits per heavy atom. The lowest BCUT2D eigenvalue weighted by atomic mass is 9.93. The summed E-state index contributed by atoms with van der Waals surface area (Å²) >= 11 is 0. The standard InChI is InChI=1S/C12H26N2O/c1-4-15-12(8-9-14(2)3)10-13-11-6-5-7-11/h11-13H,4-10H2,1-3H3. The highest BCUT2D eigenvalue weighted by Crippen LogP contribution is 2.18. The molecule has 1 saturated carbocycles. The Hall–Kier alpha value is -0.120. The molecule has 3 nitrogen and oxygen atoms in total. The molecule has 0 saturated heterocycles. The van der Waals surface area contributed by atoms with Crippen molar-refractivity contribution in [1.29, 1.82) is 0 Å². The molecule has 0 bridgehead atoms. The monoisotopic (exact) mass is 214 g/mol. The van der Waals surface area contributed by atoms with Crippen molar-refractivity contribution in [3.05, 3.63) is 0 Å². The van der Waals surface area contributed by atoms with Crippen LogP contribution in [0.1, 0.15) is 32.6 Å². The molecule has 1 aliphatic rings. The molecule has 1 N–H and O–H groups in total. The van der Waals surface area contributed by atoms with Gasteiger partial charge in [-0.1, -0.05) is 6.42 Å². The Morgan fingerprint density at radius 1 is 1.40 bits per heavy atom. The summed E-state index contributed by atoms with van der Waals surface area (Å²) in [4.78, 5) is 2.22. The van der Waals surface area contributed by atoms with Gasteiger partial charge in [-0.15, -0.1) is 0 Å². The predicted octanol–water partition coefficient (Wildman–Crippen LogP) is 1.49. The smallest absolute Gasteiger partial charge is 0.0711 e. The van der Waals surface area contributed by atoms with Crippen LogP contribution >= 0.6 is 0 Å². The van der Waals surface area contributed by atoms with Gasteiger partial charge in [-0.25, -0.2) is 0 Å². The SMILES string of the molecule is CCOC(CCN(C)C)CNC1CCC1. The summed E-state index contributed by atoms with van der Waals surface area (Å²) in [7, 11) is 4.23. The lowest BCUT2D eigenvalue weighted by molar-refractivity contribution is 0.0477. The third-order valence-corrected chi connectivity index (χ3v) is 3.04. The highest BCUT2D eigenvalue weighted by molar-refractivity contribution is 4.78. The molecule has 0 aliphatic heterocycles. The van der Waals surface area contributed by atoms with Gasteiger partial charge in [0.25, 0.3) is 0 Å². The van der Waals surface area contributed by atoms with Gasteiger partial charge in [0.15, 0.2) is 0 Å². The van der Waals surface area contributed by atoms with Crippen LogP contribution < -0.4 is 5.32 Å². The van der Waals surface area contributed by atoms with E-state index in [9.17, 15) is 0 Å². The van der Waals surface area contributed by atoms with Gasteiger partial charge < -0.3 is 15.0 Å². The minimum atomic E-state index is 0.387. The van der Waals surface area contributed by atoms with Crippen LogP contribution in [0, 0.1) is 0 Å². The summed E-state index contributed by atoms with van der Waals surface area (Å²) in [6, 6.07) is 0.771. The van der Waals surface area contributed by atoms with Gasteiger partial charge in [0.1, 0.15) is 0 Å². The van der Waals surface area contributed by atoms with E-state index in [1.54, 1.807) is 0 Å². The molecule has 90 valence electrons. The zero-order valence-corrected chi connectivity index (χ0v) is 10.5. The van der Waals surface area contributed by atoms with Crippen molar-refractivity contribution in [1.82, 2.24) is 10.2 Å². The quantitative estimate of drug-likeness (QED) is 0.662. The van der Waals surface area contributed by atoms with E-state index < -0.39 is 0 Å². The average Bonchev–Trinajstić information content (AvgIpc) is 2.11. The fraction of sp³-hybridized carbons (Fsp3) is 1.00. The minimum Gasteiger partial charge on any atom is -0.377 e. The first kappa shape index (κ1) is 12.9. The Bertz CT molecular complexity index is 158. The molecule has 1 atom stereocenters. The van der Waals surface area contributed by atoms with Crippen molar-refractivity contribution < 1.29 is 4.74 Å². The number of hydrogen-bond donors (Lipinski definition) is 1. The van der Waals surface area contributed by atoms with Crippen LogP contribution in [0.4, 0.5) is 0 Å². The van der Waals surface area contributed by atoms with Gasteiger partial charge >= 0.3 is 0 Å². The van der Waals surface area contributed by atoms with Crippen molar-refractivity contribution >= 4 is 0 Å². The molecule has 1 aliphatic carbocycles. The zero-order chi connectivity index (χ0) is 11.1. The van der Waals surface area contributed by atoms with Crippen LogP contribution in [0.2, 0.25) is 0 Å². The molecule has 1 rings (SSSR count). The maximum absolute atomic E-state index is 5.72. The first-order valence-electron chi connectivity index (χ1n) is 6.22. The van der Waals surface area contributed by atoms with E-state index in [1.165, 1.54) is 19.3 Å². The van der Waals surface area contributed by atoms with E-state index in [2.05, 4.69) is 31.2 Å². The first-order chi connectivity index (χ1) is 7.22. The summed E-state index contributed by atoms with van der Waals surface area (Å²) in [5.41, 5.74) is 0. The van der Waals surface area contributed by atoms with Crippen molar-refractivity contribution in [2.75, 3.05) is 33.8 Å². The topological polar surface area (TPSA) is 24.5 Å². The average molecular weight is 214 g/mol. The maximum Gasteiger partial charge on any atom is 0.0711 e. The first-order valence-corrected chi connectivity index (χ1v) is 6.22. The van der Waals surface area contributed by atoms with E-state index in [1.807, 2.05) is 0 Å². The van der Waals surface area contributed by atoms with Crippen molar-refractivity contribution in [3.8, 4) is 0 Å². The van der Waals surface area contributed by atoms with Crippen LogP contribution in [0.15, 0.2) is 0 Å². The van der Waals surface area contributed by atoms with Gasteiger partial charge in [0.05, 0.1) is 6.10 Å². The summed E-state index contributed by atoms with van der Waals surface area (Å²) in [5.74, 6) is 0. The lowest BCUT2D eigenvalue weighted by Gasteiger charge is -2.29. The predicted molar refractivity (Wildman–Crippen MR) is 64.2 cm³/mol. The van der Waals surface area contributed by atoms with Crippen LogP contribution in [0.3, 0.4) is 0 Å². The third kappa shape index (κ3) is 5.50. The van der Waals surface area contributed by atoms with E-state index in [0.29, 0.717) is 6.10 Å². The van der Waals surface area contributed by atoms with E-state index >= 15 is 0 Å². The fourth-order valence-electron chi connectivity index (χ4n) is 1.79. The highest BCUT2D eigenvalue weighted by atomic mass is 16.5. The largest absolute Gasteiger partial charge is 0.377 e. The molecule has 0 amide bonds. The minimum absolute atomic E-state index is 0.387. The molecule has 0 radical (unpaired) electrons. The van der Waals surface area contributed by atoms with Crippen molar-refractivity contribution in [2.45, 2.75) is 44.8 Å². The van der Waals surface area contributed by atoms with Crippen LogP contribution in [-0.4, -0.2) is 50.8 Å². The normalized spacial score (nSPS) is 19.2. The fourth-order valence-corrected chi connectivity index (χ4v) is 1.79. The molecule has 1 unspecified atom stereocenters. The lowest BCUT2D eigenvalue weighted by Crippen LogP contribution is -2.41. The van der Waals surface area contributed by atoms with Crippen molar-refractivity contribution in [2.24, 2.45) is 0 Å². The number of nitrogens with zero attached hydrogens (tertiary/aromatic N) is 1. The van der Waals surface area contributed by atoms with Crippen molar-refractivity contribution in [3.63, 3.8) is 0 Å². The molecular formula is C12H26N2O. The zero-order valence-electron chi connectivity index (χ0n) is 10.5. The molecule has 15 heavy (non-hydrogen) atoms. The van der Waals surface area contributed by atoms with E-state index in [4.69, 9.17) is 4.74 Å². The van der Waals surface area contributed by atoms with E-state index in [-0.39, 0.29) is 0 Å². The Morgan fingerprint density at radius 2 is 2.13 bits per heavy atom. The molecule has 0 aromatic carbocycles. The molecule has 0 aromatic heterocycles. The molecule has 0 aromatic rings. The second kappa shape index (κ2) is 7.20. The number of nitrogens with one attached hydrogen (secondary N) is 1. The summed E-state index contributed by atoms with van der Waals surface area (Å²) < 4.78 is 5.72. The number of hydrogen-bond acceptors (Lipinski definition) is 3. The molecule has 0 spiro atoms. The molecular weight excluding hydrogens is 188 g/mol. The van der Waals surface area contributed by atoms with Gasteiger partial charge in [-0.05, 0) is 40.3 Å². The van der Waals surface area contributed by atoms with E-state index in [0.717, 1.165) is 32.2 Å². The maximum atomic E-state index is 5.72. The number of rotatable bonds is 8. The van der Waals surface area contributed by atoms with Gasteiger partial charge in [-0.2, -0.15) is 0 Å². The van der Waals surface area contributed by atoms with Crippen LogP contribution in [-0.2, 0) is 4.74 Å². The second-order valence-corrected chi connectivity index (χ2v) is 4.71. The highest BCUT2D eigenvalue weighted by Gasteiger charge is 2.18. The van der Waals surface area contributed by atoms with Gasteiger partial charge in [-0.3, -0.25) is 0 Å². The van der Waals surface area contributed by atoms with Gasteiger partial charge in [0, 0.05) is 25.7 Å². The summed E-state index contributed by atoms with van der Waals surface area (Å²) in [5, 5.41) is 3.58. The molecule has 0 heterocycles.